The van der Waals surface area contributed by atoms with Crippen LogP contribution < -0.4 is 5.32 Å². The molecule has 0 aromatic heterocycles. The first-order chi connectivity index (χ1) is 9.56. The van der Waals surface area contributed by atoms with Crippen molar-refractivity contribution in [2.75, 3.05) is 19.8 Å². The number of benzene rings is 1. The zero-order chi connectivity index (χ0) is 14.5. The maximum Gasteiger partial charge on any atom is 0.0897 e. The molecule has 0 spiro atoms. The van der Waals surface area contributed by atoms with Crippen molar-refractivity contribution in [3.8, 4) is 0 Å². The minimum Gasteiger partial charge on any atom is -0.389 e. The van der Waals surface area contributed by atoms with E-state index in [2.05, 4.69) is 38.2 Å². The van der Waals surface area contributed by atoms with E-state index in [1.165, 1.54) is 35.1 Å². The highest BCUT2D eigenvalue weighted by molar-refractivity contribution is 5.37. The molecule has 1 unspecified atom stereocenters. The third kappa shape index (κ3) is 4.89. The summed E-state index contributed by atoms with van der Waals surface area (Å²) in [6.45, 7) is 9.05. The van der Waals surface area contributed by atoms with Crippen LogP contribution in [0.15, 0.2) is 12.1 Å². The lowest BCUT2D eigenvalue weighted by Crippen LogP contribution is -2.30. The SMILES string of the molecule is Cc1cc(C)c(CNCC(O)COCC2CC2)c(C)c1. The summed E-state index contributed by atoms with van der Waals surface area (Å²) in [6.07, 6.45) is 2.17. The second-order valence-electron chi connectivity index (χ2n) is 6.14. The van der Waals surface area contributed by atoms with Crippen molar-refractivity contribution < 1.29 is 9.84 Å². The summed E-state index contributed by atoms with van der Waals surface area (Å²) in [5.74, 6) is 0.757. The molecule has 1 aromatic carbocycles. The zero-order valence-corrected chi connectivity index (χ0v) is 12.9. The molecule has 0 amide bonds. The molecule has 0 heterocycles. The third-order valence-corrected chi connectivity index (χ3v) is 3.88. The van der Waals surface area contributed by atoms with Crippen LogP contribution in [0.2, 0.25) is 0 Å². The van der Waals surface area contributed by atoms with Gasteiger partial charge in [0.2, 0.25) is 0 Å². The molecule has 3 heteroatoms. The Hall–Kier alpha value is -0.900. The van der Waals surface area contributed by atoms with Crippen molar-refractivity contribution in [2.24, 2.45) is 5.92 Å². The molecule has 1 aliphatic rings. The Balaban J connectivity index is 1.69. The summed E-state index contributed by atoms with van der Waals surface area (Å²) in [7, 11) is 0. The molecular weight excluding hydrogens is 250 g/mol. The number of aryl methyl sites for hydroxylation is 3. The predicted octanol–water partition coefficient (Wildman–Crippen LogP) is 2.49. The topological polar surface area (TPSA) is 41.5 Å². The second kappa shape index (κ2) is 7.21. The maximum absolute atomic E-state index is 9.86. The van der Waals surface area contributed by atoms with Gasteiger partial charge >= 0.3 is 0 Å². The van der Waals surface area contributed by atoms with Crippen molar-refractivity contribution in [1.82, 2.24) is 5.32 Å². The molecule has 1 saturated carbocycles. The number of ether oxygens (including phenoxy) is 1. The van der Waals surface area contributed by atoms with Crippen molar-refractivity contribution in [2.45, 2.75) is 46.3 Å². The number of aliphatic hydroxyl groups is 1. The van der Waals surface area contributed by atoms with E-state index in [4.69, 9.17) is 4.74 Å². The molecule has 0 saturated heterocycles. The van der Waals surface area contributed by atoms with Gasteiger partial charge in [-0.15, -0.1) is 0 Å². The van der Waals surface area contributed by atoms with Gasteiger partial charge in [-0.25, -0.2) is 0 Å². The van der Waals surface area contributed by atoms with Crippen LogP contribution >= 0.6 is 0 Å². The number of hydrogen-bond acceptors (Lipinski definition) is 3. The van der Waals surface area contributed by atoms with Gasteiger partial charge in [0.25, 0.3) is 0 Å². The molecular formula is C17H27NO2. The number of rotatable bonds is 8. The van der Waals surface area contributed by atoms with Crippen molar-refractivity contribution in [3.05, 3.63) is 34.4 Å². The Kier molecular flexibility index (Phi) is 5.58. The van der Waals surface area contributed by atoms with Crippen molar-refractivity contribution in [3.63, 3.8) is 0 Å². The van der Waals surface area contributed by atoms with Crippen LogP contribution in [-0.4, -0.2) is 31.0 Å². The predicted molar refractivity (Wildman–Crippen MR) is 81.9 cm³/mol. The molecule has 3 nitrogen and oxygen atoms in total. The first-order valence-corrected chi connectivity index (χ1v) is 7.59. The highest BCUT2D eigenvalue weighted by Crippen LogP contribution is 2.28. The second-order valence-corrected chi connectivity index (χ2v) is 6.14. The van der Waals surface area contributed by atoms with Crippen molar-refractivity contribution in [1.29, 1.82) is 0 Å². The van der Waals surface area contributed by atoms with Gasteiger partial charge in [0, 0.05) is 19.7 Å². The molecule has 2 N–H and O–H groups in total. The number of aliphatic hydroxyl groups excluding tert-OH is 1. The molecule has 0 aliphatic heterocycles. The van der Waals surface area contributed by atoms with Gasteiger partial charge in [-0.1, -0.05) is 17.7 Å². The summed E-state index contributed by atoms with van der Waals surface area (Å²) >= 11 is 0. The van der Waals surface area contributed by atoms with Crippen LogP contribution in [0, 0.1) is 26.7 Å². The van der Waals surface area contributed by atoms with Crippen LogP contribution in [-0.2, 0) is 11.3 Å². The lowest BCUT2D eigenvalue weighted by Gasteiger charge is -2.15. The smallest absolute Gasteiger partial charge is 0.0897 e. The Morgan fingerprint density at radius 1 is 1.25 bits per heavy atom. The van der Waals surface area contributed by atoms with E-state index >= 15 is 0 Å². The van der Waals surface area contributed by atoms with Crippen molar-refractivity contribution >= 4 is 0 Å². The molecule has 0 bridgehead atoms. The summed E-state index contributed by atoms with van der Waals surface area (Å²) in [6, 6.07) is 4.42. The molecule has 0 radical (unpaired) electrons. The summed E-state index contributed by atoms with van der Waals surface area (Å²) in [4.78, 5) is 0. The molecule has 112 valence electrons. The van der Waals surface area contributed by atoms with E-state index < -0.39 is 6.10 Å². The fraction of sp³-hybridized carbons (Fsp3) is 0.647. The van der Waals surface area contributed by atoms with E-state index in [9.17, 15) is 5.11 Å². The summed E-state index contributed by atoms with van der Waals surface area (Å²) < 4.78 is 5.50. The molecule has 2 rings (SSSR count). The molecule has 1 aromatic rings. The van der Waals surface area contributed by atoms with Crippen LogP contribution in [0.3, 0.4) is 0 Å². The van der Waals surface area contributed by atoms with E-state index in [1.54, 1.807) is 0 Å². The average molecular weight is 277 g/mol. The van der Waals surface area contributed by atoms with Gasteiger partial charge in [-0.2, -0.15) is 0 Å². The number of nitrogens with one attached hydrogen (secondary N) is 1. The normalized spacial score (nSPS) is 16.4. The van der Waals surface area contributed by atoms with Crippen LogP contribution in [0.4, 0.5) is 0 Å². The Morgan fingerprint density at radius 2 is 1.90 bits per heavy atom. The highest BCUT2D eigenvalue weighted by Gasteiger charge is 2.21. The Labute approximate surface area is 122 Å². The van der Waals surface area contributed by atoms with Crippen LogP contribution in [0.1, 0.15) is 35.1 Å². The Morgan fingerprint density at radius 3 is 2.50 bits per heavy atom. The lowest BCUT2D eigenvalue weighted by molar-refractivity contribution is 0.0324. The van der Waals surface area contributed by atoms with E-state index in [1.807, 2.05) is 0 Å². The summed E-state index contributed by atoms with van der Waals surface area (Å²) in [5.41, 5.74) is 5.27. The number of hydrogen-bond donors (Lipinski definition) is 2. The summed E-state index contributed by atoms with van der Waals surface area (Å²) in [5, 5.41) is 13.2. The van der Waals surface area contributed by atoms with Gasteiger partial charge in [-0.3, -0.25) is 0 Å². The lowest BCUT2D eigenvalue weighted by atomic mass is 10.00. The van der Waals surface area contributed by atoms with E-state index in [0.29, 0.717) is 13.2 Å². The minimum atomic E-state index is -0.417. The monoisotopic (exact) mass is 277 g/mol. The van der Waals surface area contributed by atoms with Gasteiger partial charge in [0.15, 0.2) is 0 Å². The van der Waals surface area contributed by atoms with Gasteiger partial charge in [0.1, 0.15) is 0 Å². The standard InChI is InChI=1S/C17H27NO2/c1-12-6-13(2)17(14(3)7-12)9-18-8-16(19)11-20-10-15-4-5-15/h6-7,15-16,18-19H,4-5,8-11H2,1-3H3. The van der Waals surface area contributed by atoms with E-state index in [-0.39, 0.29) is 0 Å². The van der Waals surface area contributed by atoms with Crippen LogP contribution in [0.5, 0.6) is 0 Å². The minimum absolute atomic E-state index is 0.417. The Bertz CT molecular complexity index is 418. The van der Waals surface area contributed by atoms with Crippen LogP contribution in [0.25, 0.3) is 0 Å². The molecule has 1 fully saturated rings. The molecule has 1 aliphatic carbocycles. The quantitative estimate of drug-likeness (QED) is 0.767. The first kappa shape index (κ1) is 15.5. The third-order valence-electron chi connectivity index (χ3n) is 3.88. The largest absolute Gasteiger partial charge is 0.389 e. The molecule has 1 atom stereocenters. The first-order valence-electron chi connectivity index (χ1n) is 7.59. The fourth-order valence-electron chi connectivity index (χ4n) is 2.57. The van der Waals surface area contributed by atoms with Gasteiger partial charge in [-0.05, 0) is 56.2 Å². The zero-order valence-electron chi connectivity index (χ0n) is 12.9. The molecule has 20 heavy (non-hydrogen) atoms. The fourth-order valence-corrected chi connectivity index (χ4v) is 2.57. The van der Waals surface area contributed by atoms with E-state index in [0.717, 1.165) is 19.1 Å². The highest BCUT2D eigenvalue weighted by atomic mass is 16.5. The maximum atomic E-state index is 9.86. The average Bonchev–Trinajstić information content (AvgIpc) is 3.16. The van der Waals surface area contributed by atoms with Gasteiger partial charge < -0.3 is 15.2 Å². The van der Waals surface area contributed by atoms with Gasteiger partial charge in [0.05, 0.1) is 12.7 Å².